The van der Waals surface area contributed by atoms with Crippen LogP contribution in [-0.2, 0) is 16.4 Å². The smallest absolute Gasteiger partial charge is 0.263 e. The first-order chi connectivity index (χ1) is 9.15. The third-order valence-electron chi connectivity index (χ3n) is 3.01. The van der Waals surface area contributed by atoms with Gasteiger partial charge in [0.15, 0.2) is 0 Å². The summed E-state index contributed by atoms with van der Waals surface area (Å²) in [7, 11) is -3.56. The number of pyridine rings is 1. The fourth-order valence-electron chi connectivity index (χ4n) is 2.09. The maximum Gasteiger partial charge on any atom is 0.263 e. The molecule has 1 aliphatic heterocycles. The van der Waals surface area contributed by atoms with E-state index in [4.69, 9.17) is 0 Å². The van der Waals surface area contributed by atoms with Crippen LogP contribution >= 0.6 is 0 Å². The Kier molecular flexibility index (Phi) is 2.87. The summed E-state index contributed by atoms with van der Waals surface area (Å²) in [5.74, 6) is 0. The van der Waals surface area contributed by atoms with Crippen LogP contribution in [0.5, 0.6) is 0 Å². The number of hydrogen-bond acceptors (Lipinski definition) is 4. The van der Waals surface area contributed by atoms with Gasteiger partial charge >= 0.3 is 0 Å². The summed E-state index contributed by atoms with van der Waals surface area (Å²) in [4.78, 5) is 3.98. The molecule has 5 nitrogen and oxygen atoms in total. The molecule has 0 radical (unpaired) electrons. The molecule has 0 aliphatic carbocycles. The van der Waals surface area contributed by atoms with Crippen LogP contribution in [0.2, 0.25) is 0 Å². The molecule has 19 heavy (non-hydrogen) atoms. The quantitative estimate of drug-likeness (QED) is 0.896. The molecule has 0 bridgehead atoms. The van der Waals surface area contributed by atoms with Crippen molar-refractivity contribution in [2.75, 3.05) is 16.6 Å². The van der Waals surface area contributed by atoms with E-state index < -0.39 is 10.0 Å². The average molecular weight is 275 g/mol. The summed E-state index contributed by atoms with van der Waals surface area (Å²) in [6.45, 7) is 0.897. The monoisotopic (exact) mass is 275 g/mol. The van der Waals surface area contributed by atoms with E-state index in [0.29, 0.717) is 5.69 Å². The summed E-state index contributed by atoms with van der Waals surface area (Å²) in [6, 6.07) is 8.63. The van der Waals surface area contributed by atoms with Crippen LogP contribution in [0.3, 0.4) is 0 Å². The fraction of sp³-hybridized carbons (Fsp3) is 0.154. The Morgan fingerprint density at radius 1 is 1.26 bits per heavy atom. The van der Waals surface area contributed by atoms with E-state index in [9.17, 15) is 8.42 Å². The lowest BCUT2D eigenvalue weighted by Crippen LogP contribution is -2.13. The van der Waals surface area contributed by atoms with Crippen LogP contribution in [0, 0.1) is 0 Å². The van der Waals surface area contributed by atoms with Gasteiger partial charge in [-0.2, -0.15) is 0 Å². The Labute approximate surface area is 111 Å². The number of nitrogens with one attached hydrogen (secondary N) is 2. The van der Waals surface area contributed by atoms with E-state index >= 15 is 0 Å². The van der Waals surface area contributed by atoms with Crippen LogP contribution in [0.4, 0.5) is 11.4 Å². The zero-order valence-electron chi connectivity index (χ0n) is 10.1. The number of anilines is 2. The van der Waals surface area contributed by atoms with Gasteiger partial charge in [0.25, 0.3) is 10.0 Å². The van der Waals surface area contributed by atoms with Gasteiger partial charge in [0.2, 0.25) is 0 Å². The number of rotatable bonds is 3. The Morgan fingerprint density at radius 3 is 2.95 bits per heavy atom. The Hall–Kier alpha value is -2.08. The molecule has 3 rings (SSSR count). The summed E-state index contributed by atoms with van der Waals surface area (Å²) >= 11 is 0. The third-order valence-corrected chi connectivity index (χ3v) is 4.38. The predicted molar refractivity (Wildman–Crippen MR) is 73.7 cm³/mol. The van der Waals surface area contributed by atoms with Crippen LogP contribution < -0.4 is 10.0 Å². The van der Waals surface area contributed by atoms with Gasteiger partial charge in [-0.3, -0.25) is 9.71 Å². The molecule has 1 aromatic heterocycles. The SMILES string of the molecule is O=S(=O)(Nc1ccc2c(c1)CCN2)c1cccnc1. The van der Waals surface area contributed by atoms with Gasteiger partial charge in [0.05, 0.1) is 0 Å². The van der Waals surface area contributed by atoms with Gasteiger partial charge < -0.3 is 5.32 Å². The standard InChI is InChI=1S/C13H13N3O2S/c17-19(18,12-2-1-6-14-9-12)16-11-3-4-13-10(8-11)5-7-15-13/h1-4,6,8-9,15-16H,5,7H2. The topological polar surface area (TPSA) is 71.1 Å². The number of hydrogen-bond donors (Lipinski definition) is 2. The molecule has 1 aliphatic rings. The van der Waals surface area contributed by atoms with E-state index in [1.54, 1.807) is 18.3 Å². The number of fused-ring (bicyclic) bond motifs is 1. The highest BCUT2D eigenvalue weighted by Gasteiger charge is 2.16. The number of nitrogens with zero attached hydrogens (tertiary/aromatic N) is 1. The fourth-order valence-corrected chi connectivity index (χ4v) is 3.10. The summed E-state index contributed by atoms with van der Waals surface area (Å²) in [6.07, 6.45) is 3.79. The summed E-state index contributed by atoms with van der Waals surface area (Å²) in [5, 5.41) is 3.23. The van der Waals surface area contributed by atoms with Crippen molar-refractivity contribution in [1.29, 1.82) is 0 Å². The van der Waals surface area contributed by atoms with E-state index in [1.165, 1.54) is 12.3 Å². The summed E-state index contributed by atoms with van der Waals surface area (Å²) in [5.41, 5.74) is 2.78. The second-order valence-corrected chi connectivity index (χ2v) is 6.03. The van der Waals surface area contributed by atoms with Gasteiger partial charge in [-0.15, -0.1) is 0 Å². The first-order valence-corrected chi connectivity index (χ1v) is 7.43. The third kappa shape index (κ3) is 2.39. The highest BCUT2D eigenvalue weighted by Crippen LogP contribution is 2.26. The molecule has 0 fully saturated rings. The largest absolute Gasteiger partial charge is 0.384 e. The zero-order valence-corrected chi connectivity index (χ0v) is 10.9. The van der Waals surface area contributed by atoms with Crippen molar-refractivity contribution in [2.24, 2.45) is 0 Å². The van der Waals surface area contributed by atoms with E-state index in [1.807, 2.05) is 12.1 Å². The van der Waals surface area contributed by atoms with Crippen molar-refractivity contribution in [1.82, 2.24) is 4.98 Å². The van der Waals surface area contributed by atoms with Crippen molar-refractivity contribution < 1.29 is 8.42 Å². The number of benzene rings is 1. The van der Waals surface area contributed by atoms with Crippen molar-refractivity contribution in [3.63, 3.8) is 0 Å². The highest BCUT2D eigenvalue weighted by molar-refractivity contribution is 7.92. The lowest BCUT2D eigenvalue weighted by molar-refractivity contribution is 0.601. The van der Waals surface area contributed by atoms with Gasteiger partial charge in [0, 0.05) is 30.3 Å². The molecule has 0 unspecified atom stereocenters. The van der Waals surface area contributed by atoms with E-state index in [-0.39, 0.29) is 4.90 Å². The molecular formula is C13H13N3O2S. The first-order valence-electron chi connectivity index (χ1n) is 5.95. The highest BCUT2D eigenvalue weighted by atomic mass is 32.2. The van der Waals surface area contributed by atoms with E-state index in [0.717, 1.165) is 24.2 Å². The average Bonchev–Trinajstić information content (AvgIpc) is 2.87. The molecule has 0 atom stereocenters. The van der Waals surface area contributed by atoms with Crippen LogP contribution in [0.1, 0.15) is 5.56 Å². The van der Waals surface area contributed by atoms with Crippen molar-refractivity contribution in [3.8, 4) is 0 Å². The van der Waals surface area contributed by atoms with Crippen molar-refractivity contribution in [2.45, 2.75) is 11.3 Å². The van der Waals surface area contributed by atoms with Crippen LogP contribution in [0.25, 0.3) is 0 Å². The number of aromatic nitrogens is 1. The molecule has 0 spiro atoms. The second-order valence-electron chi connectivity index (χ2n) is 4.34. The van der Waals surface area contributed by atoms with E-state index in [2.05, 4.69) is 15.0 Å². The molecule has 2 N–H and O–H groups in total. The summed E-state index contributed by atoms with van der Waals surface area (Å²) < 4.78 is 26.8. The maximum absolute atomic E-state index is 12.1. The first kappa shape index (κ1) is 12.0. The molecule has 1 aromatic carbocycles. The lowest BCUT2D eigenvalue weighted by Gasteiger charge is -2.09. The lowest BCUT2D eigenvalue weighted by atomic mass is 10.1. The molecule has 0 saturated carbocycles. The minimum absolute atomic E-state index is 0.161. The zero-order chi connectivity index (χ0) is 13.3. The number of sulfonamides is 1. The van der Waals surface area contributed by atoms with Crippen LogP contribution in [0.15, 0.2) is 47.6 Å². The minimum Gasteiger partial charge on any atom is -0.384 e. The Morgan fingerprint density at radius 2 is 2.16 bits per heavy atom. The minimum atomic E-state index is -3.56. The molecule has 0 saturated heterocycles. The molecule has 2 aromatic rings. The Balaban J connectivity index is 1.89. The molecule has 2 heterocycles. The maximum atomic E-state index is 12.1. The Bertz CT molecular complexity index is 699. The van der Waals surface area contributed by atoms with Gasteiger partial charge in [0.1, 0.15) is 4.90 Å². The van der Waals surface area contributed by atoms with Gasteiger partial charge in [-0.25, -0.2) is 8.42 Å². The van der Waals surface area contributed by atoms with Crippen molar-refractivity contribution >= 4 is 21.4 Å². The van der Waals surface area contributed by atoms with Crippen molar-refractivity contribution in [3.05, 3.63) is 48.3 Å². The van der Waals surface area contributed by atoms with Crippen LogP contribution in [-0.4, -0.2) is 19.9 Å². The molecule has 0 amide bonds. The normalized spacial score (nSPS) is 13.7. The van der Waals surface area contributed by atoms with Gasteiger partial charge in [-0.05, 0) is 42.3 Å². The molecular weight excluding hydrogens is 262 g/mol. The predicted octanol–water partition coefficient (Wildman–Crippen LogP) is 1.85. The van der Waals surface area contributed by atoms with Gasteiger partial charge in [-0.1, -0.05) is 0 Å². The molecule has 98 valence electrons. The second kappa shape index (κ2) is 4.55. The molecule has 6 heteroatoms.